The van der Waals surface area contributed by atoms with Crippen LogP contribution in [0.2, 0.25) is 0 Å². The van der Waals surface area contributed by atoms with Gasteiger partial charge in [0.25, 0.3) is 5.91 Å². The number of nitriles is 1. The van der Waals surface area contributed by atoms with Gasteiger partial charge in [0.1, 0.15) is 6.07 Å². The van der Waals surface area contributed by atoms with Crippen molar-refractivity contribution in [3.8, 4) is 11.9 Å². The van der Waals surface area contributed by atoms with E-state index in [-0.39, 0.29) is 10.6 Å². The number of carbonyl (C=O) groups excluding carboxylic acids is 1. The molecule has 0 aliphatic carbocycles. The van der Waals surface area contributed by atoms with Gasteiger partial charge in [0, 0.05) is 6.20 Å². The Labute approximate surface area is 171 Å². The topological polar surface area (TPSA) is 96.5 Å². The molecule has 0 saturated heterocycles. The van der Waals surface area contributed by atoms with E-state index in [1.165, 1.54) is 35.1 Å². The molecule has 0 saturated carbocycles. The van der Waals surface area contributed by atoms with Crippen LogP contribution in [0.25, 0.3) is 5.82 Å². The van der Waals surface area contributed by atoms with Crippen LogP contribution in [0.15, 0.2) is 47.3 Å². The van der Waals surface area contributed by atoms with Crippen LogP contribution >= 0.6 is 15.9 Å². The van der Waals surface area contributed by atoms with Crippen LogP contribution in [0.4, 0.5) is 13.2 Å². The van der Waals surface area contributed by atoms with Crippen LogP contribution < -0.4 is 5.32 Å². The Morgan fingerprint density at radius 3 is 2.62 bits per heavy atom. The van der Waals surface area contributed by atoms with Crippen molar-refractivity contribution in [1.29, 1.82) is 5.26 Å². The van der Waals surface area contributed by atoms with Gasteiger partial charge >= 0.3 is 6.18 Å². The minimum absolute atomic E-state index is 0.204. The van der Waals surface area contributed by atoms with Gasteiger partial charge in [-0.2, -0.15) is 23.1 Å². The third-order valence-electron chi connectivity index (χ3n) is 3.91. The normalized spacial score (nSPS) is 12.3. The molecule has 3 aromatic rings. The van der Waals surface area contributed by atoms with Gasteiger partial charge in [0.05, 0.1) is 22.7 Å². The van der Waals surface area contributed by atoms with Gasteiger partial charge in [-0.25, -0.2) is 9.97 Å². The lowest BCUT2D eigenvalue weighted by Gasteiger charge is -2.16. The first kappa shape index (κ1) is 20.5. The highest BCUT2D eigenvalue weighted by molar-refractivity contribution is 9.10. The Bertz CT molecular complexity index is 1090. The van der Waals surface area contributed by atoms with E-state index in [1.807, 2.05) is 6.07 Å². The molecule has 1 atom stereocenters. The Morgan fingerprint density at radius 1 is 1.28 bits per heavy atom. The first-order valence-electron chi connectivity index (χ1n) is 8.16. The number of hydrogen-bond donors (Lipinski definition) is 1. The van der Waals surface area contributed by atoms with E-state index >= 15 is 0 Å². The number of pyridine rings is 1. The number of nitrogens with one attached hydrogen (secondary N) is 1. The van der Waals surface area contributed by atoms with E-state index in [9.17, 15) is 18.0 Å². The highest BCUT2D eigenvalue weighted by atomic mass is 79.9. The SMILES string of the molecule is CC(NC(=O)c1ccccc1C(F)(F)F)c1nc(Br)nn1-c1ccc(C#N)cn1. The van der Waals surface area contributed by atoms with Gasteiger partial charge < -0.3 is 5.32 Å². The maximum Gasteiger partial charge on any atom is 0.417 e. The molecule has 0 aliphatic rings. The Kier molecular flexibility index (Phi) is 5.65. The largest absolute Gasteiger partial charge is 0.417 e. The second kappa shape index (κ2) is 8.00. The molecule has 29 heavy (non-hydrogen) atoms. The summed E-state index contributed by atoms with van der Waals surface area (Å²) in [5, 5.41) is 15.5. The standard InChI is InChI=1S/C18H12BrF3N6O/c1-10(25-16(29)12-4-2-3-5-13(12)18(20,21)22)15-26-17(19)27-28(15)14-7-6-11(8-23)9-24-14/h2-7,9-10H,1H3,(H,25,29). The van der Waals surface area contributed by atoms with Crippen molar-refractivity contribution in [2.24, 2.45) is 0 Å². The lowest BCUT2D eigenvalue weighted by Crippen LogP contribution is -2.30. The predicted molar refractivity (Wildman–Crippen MR) is 98.9 cm³/mol. The average Bonchev–Trinajstić information content (AvgIpc) is 3.09. The Morgan fingerprint density at radius 2 is 2.00 bits per heavy atom. The second-order valence-corrected chi connectivity index (χ2v) is 6.62. The molecule has 2 aromatic heterocycles. The maximum absolute atomic E-state index is 13.2. The number of nitrogens with zero attached hydrogens (tertiary/aromatic N) is 5. The molecule has 1 unspecified atom stereocenters. The lowest BCUT2D eigenvalue weighted by molar-refractivity contribution is -0.137. The summed E-state index contributed by atoms with van der Waals surface area (Å²) in [7, 11) is 0. The molecule has 3 rings (SSSR count). The zero-order chi connectivity index (χ0) is 21.2. The summed E-state index contributed by atoms with van der Waals surface area (Å²) in [6.45, 7) is 1.56. The van der Waals surface area contributed by atoms with Crippen molar-refractivity contribution in [3.05, 3.63) is 69.8 Å². The van der Waals surface area contributed by atoms with Gasteiger partial charge in [-0.05, 0) is 47.1 Å². The number of benzene rings is 1. The minimum Gasteiger partial charge on any atom is -0.342 e. The smallest absolute Gasteiger partial charge is 0.342 e. The molecule has 11 heteroatoms. The molecule has 148 valence electrons. The fraction of sp³-hybridized carbons (Fsp3) is 0.167. The van der Waals surface area contributed by atoms with Crippen molar-refractivity contribution in [2.45, 2.75) is 19.1 Å². The van der Waals surface area contributed by atoms with Crippen LogP contribution in [0, 0.1) is 11.3 Å². The molecule has 0 bridgehead atoms. The van der Waals surface area contributed by atoms with Crippen LogP contribution in [-0.2, 0) is 6.18 Å². The predicted octanol–water partition coefficient (Wildman–Crippen LogP) is 3.81. The summed E-state index contributed by atoms with van der Waals surface area (Å²) >= 11 is 3.14. The minimum atomic E-state index is -4.66. The summed E-state index contributed by atoms with van der Waals surface area (Å²) in [4.78, 5) is 20.8. The summed E-state index contributed by atoms with van der Waals surface area (Å²) < 4.78 is 41.1. The van der Waals surface area contributed by atoms with Crippen LogP contribution in [-0.4, -0.2) is 25.7 Å². The molecule has 1 N–H and O–H groups in total. The van der Waals surface area contributed by atoms with Gasteiger partial charge in [-0.3, -0.25) is 4.79 Å². The number of carbonyl (C=O) groups is 1. The van der Waals surface area contributed by atoms with Gasteiger partial charge in [-0.15, -0.1) is 5.10 Å². The lowest BCUT2D eigenvalue weighted by atomic mass is 10.1. The molecular weight excluding hydrogens is 453 g/mol. The third kappa shape index (κ3) is 4.43. The van der Waals surface area contributed by atoms with Gasteiger partial charge in [0.2, 0.25) is 4.73 Å². The highest BCUT2D eigenvalue weighted by Gasteiger charge is 2.35. The fourth-order valence-corrected chi connectivity index (χ4v) is 2.93. The molecule has 1 aromatic carbocycles. The number of rotatable bonds is 4. The molecule has 0 aliphatic heterocycles. The first-order valence-corrected chi connectivity index (χ1v) is 8.96. The van der Waals surface area contributed by atoms with Crippen molar-refractivity contribution >= 4 is 21.8 Å². The van der Waals surface area contributed by atoms with E-state index in [1.54, 1.807) is 6.92 Å². The molecule has 0 fully saturated rings. The van der Waals surface area contributed by atoms with Crippen LogP contribution in [0.1, 0.15) is 40.3 Å². The highest BCUT2D eigenvalue weighted by Crippen LogP contribution is 2.32. The van der Waals surface area contributed by atoms with Crippen molar-refractivity contribution < 1.29 is 18.0 Å². The van der Waals surface area contributed by atoms with E-state index < -0.39 is 29.3 Å². The van der Waals surface area contributed by atoms with Gasteiger partial charge in [0.15, 0.2) is 11.6 Å². The average molecular weight is 465 g/mol. The number of halogens is 4. The van der Waals surface area contributed by atoms with E-state index in [0.717, 1.165) is 12.1 Å². The molecular formula is C18H12BrF3N6O. The quantitative estimate of drug-likeness (QED) is 0.633. The van der Waals surface area contributed by atoms with Crippen LogP contribution in [0.3, 0.4) is 0 Å². The Hall–Kier alpha value is -3.26. The monoisotopic (exact) mass is 464 g/mol. The zero-order valence-electron chi connectivity index (χ0n) is 14.8. The van der Waals surface area contributed by atoms with Gasteiger partial charge in [-0.1, -0.05) is 12.1 Å². The summed E-state index contributed by atoms with van der Waals surface area (Å²) in [5.74, 6) is -0.329. The zero-order valence-corrected chi connectivity index (χ0v) is 16.4. The molecule has 7 nitrogen and oxygen atoms in total. The van der Waals surface area contributed by atoms with E-state index in [0.29, 0.717) is 11.4 Å². The molecule has 0 radical (unpaired) electrons. The van der Waals surface area contributed by atoms with Crippen molar-refractivity contribution in [1.82, 2.24) is 25.1 Å². The van der Waals surface area contributed by atoms with Crippen molar-refractivity contribution in [2.75, 3.05) is 0 Å². The van der Waals surface area contributed by atoms with E-state index in [2.05, 4.69) is 36.3 Å². The number of alkyl halides is 3. The summed E-state index contributed by atoms with van der Waals surface area (Å²) in [6.07, 6.45) is -3.32. The molecule has 0 spiro atoms. The summed E-state index contributed by atoms with van der Waals surface area (Å²) in [5.41, 5.74) is -1.17. The number of aromatic nitrogens is 4. The molecule has 1 amide bonds. The number of amides is 1. The number of hydrogen-bond acceptors (Lipinski definition) is 5. The third-order valence-corrected chi connectivity index (χ3v) is 4.25. The Balaban J connectivity index is 1.90. The summed E-state index contributed by atoms with van der Waals surface area (Å²) in [6, 6.07) is 8.75. The maximum atomic E-state index is 13.2. The van der Waals surface area contributed by atoms with E-state index in [4.69, 9.17) is 5.26 Å². The van der Waals surface area contributed by atoms with Crippen molar-refractivity contribution in [3.63, 3.8) is 0 Å². The molecule has 2 heterocycles. The fourth-order valence-electron chi connectivity index (χ4n) is 2.59. The van der Waals surface area contributed by atoms with Crippen LogP contribution in [0.5, 0.6) is 0 Å². The second-order valence-electron chi connectivity index (χ2n) is 5.91. The first-order chi connectivity index (χ1) is 13.7.